The van der Waals surface area contributed by atoms with E-state index in [0.717, 1.165) is 6.42 Å². The molecular weight excluding hydrogens is 140 g/mol. The van der Waals surface area contributed by atoms with E-state index in [0.29, 0.717) is 13.0 Å². The molecule has 0 saturated carbocycles. The van der Waals surface area contributed by atoms with Crippen molar-refractivity contribution < 1.29 is 4.79 Å². The Morgan fingerprint density at radius 1 is 1.82 bits per heavy atom. The molecule has 0 aliphatic rings. The summed E-state index contributed by atoms with van der Waals surface area (Å²) in [4.78, 5) is 11.0. The first-order valence-electron chi connectivity index (χ1n) is 3.86. The van der Waals surface area contributed by atoms with Crippen LogP contribution in [0.3, 0.4) is 0 Å². The molecule has 0 spiro atoms. The summed E-state index contributed by atoms with van der Waals surface area (Å²) in [5.41, 5.74) is 5.49. The number of nitrogens with one attached hydrogen (secondary N) is 1. The molecule has 3 N–H and O–H groups in total. The minimum absolute atomic E-state index is 0.0910. The molecule has 1 amide bonds. The van der Waals surface area contributed by atoms with Gasteiger partial charge in [0, 0.05) is 6.54 Å². The zero-order chi connectivity index (χ0) is 8.69. The zero-order valence-corrected chi connectivity index (χ0v) is 6.97. The summed E-state index contributed by atoms with van der Waals surface area (Å²) in [7, 11) is 0. The van der Waals surface area contributed by atoms with Crippen LogP contribution in [0.25, 0.3) is 0 Å². The van der Waals surface area contributed by atoms with Crippen molar-refractivity contribution >= 4 is 5.91 Å². The summed E-state index contributed by atoms with van der Waals surface area (Å²) in [5, 5.41) is 2.71. The molecule has 0 bridgehead atoms. The number of hydrogen-bond acceptors (Lipinski definition) is 2. The quantitative estimate of drug-likeness (QED) is 0.567. The van der Waals surface area contributed by atoms with Gasteiger partial charge in [-0.15, -0.1) is 6.58 Å². The molecule has 3 nitrogen and oxygen atoms in total. The molecule has 1 atom stereocenters. The summed E-state index contributed by atoms with van der Waals surface area (Å²) in [5.74, 6) is -0.0910. The lowest BCUT2D eigenvalue weighted by Gasteiger charge is -2.08. The number of hydrogen-bond donors (Lipinski definition) is 2. The molecule has 64 valence electrons. The molecule has 11 heavy (non-hydrogen) atoms. The van der Waals surface area contributed by atoms with Gasteiger partial charge in [0.15, 0.2) is 0 Å². The second-order valence-electron chi connectivity index (χ2n) is 2.42. The fraction of sp³-hybridized carbons (Fsp3) is 0.625. The maximum absolute atomic E-state index is 11.0. The summed E-state index contributed by atoms with van der Waals surface area (Å²) in [6.07, 6.45) is 3.12. The second-order valence-corrected chi connectivity index (χ2v) is 2.42. The lowest BCUT2D eigenvalue weighted by atomic mass is 10.2. The highest BCUT2D eigenvalue weighted by atomic mass is 16.2. The lowest BCUT2D eigenvalue weighted by molar-refractivity contribution is -0.122. The molecule has 0 saturated heterocycles. The van der Waals surface area contributed by atoms with Crippen LogP contribution < -0.4 is 11.1 Å². The second kappa shape index (κ2) is 5.92. The van der Waals surface area contributed by atoms with E-state index in [1.54, 1.807) is 6.08 Å². The van der Waals surface area contributed by atoms with Crippen LogP contribution in [0.5, 0.6) is 0 Å². The SMILES string of the molecule is C=CCC(N)C(=O)NCCC. The van der Waals surface area contributed by atoms with Crippen molar-refractivity contribution in [1.29, 1.82) is 0 Å². The van der Waals surface area contributed by atoms with Gasteiger partial charge in [0.1, 0.15) is 0 Å². The van der Waals surface area contributed by atoms with Gasteiger partial charge < -0.3 is 11.1 Å². The van der Waals surface area contributed by atoms with Crippen molar-refractivity contribution in [2.45, 2.75) is 25.8 Å². The molecular formula is C8H16N2O. The van der Waals surface area contributed by atoms with Crippen molar-refractivity contribution in [2.24, 2.45) is 5.73 Å². The van der Waals surface area contributed by atoms with Crippen LogP contribution >= 0.6 is 0 Å². The van der Waals surface area contributed by atoms with Gasteiger partial charge in [-0.25, -0.2) is 0 Å². The fourth-order valence-electron chi connectivity index (χ4n) is 0.666. The molecule has 0 aliphatic heterocycles. The Bertz CT molecular complexity index is 134. The van der Waals surface area contributed by atoms with Gasteiger partial charge >= 0.3 is 0 Å². The predicted molar refractivity (Wildman–Crippen MR) is 46.1 cm³/mol. The third-order valence-corrected chi connectivity index (χ3v) is 1.31. The highest BCUT2D eigenvalue weighted by Gasteiger charge is 2.09. The number of nitrogens with two attached hydrogens (primary N) is 1. The van der Waals surface area contributed by atoms with E-state index in [9.17, 15) is 4.79 Å². The molecule has 1 unspecified atom stereocenters. The number of carbonyl (C=O) groups excluding carboxylic acids is 1. The monoisotopic (exact) mass is 156 g/mol. The third kappa shape index (κ3) is 4.56. The Labute approximate surface area is 67.7 Å². The minimum atomic E-state index is -0.431. The van der Waals surface area contributed by atoms with Crippen molar-refractivity contribution in [1.82, 2.24) is 5.32 Å². The van der Waals surface area contributed by atoms with Crippen molar-refractivity contribution in [2.75, 3.05) is 6.54 Å². The van der Waals surface area contributed by atoms with Gasteiger partial charge in [-0.05, 0) is 12.8 Å². The molecule has 3 heteroatoms. The fourth-order valence-corrected chi connectivity index (χ4v) is 0.666. The normalized spacial score (nSPS) is 12.2. The van der Waals surface area contributed by atoms with Crippen LogP contribution in [0, 0.1) is 0 Å². The van der Waals surface area contributed by atoms with E-state index < -0.39 is 6.04 Å². The maximum atomic E-state index is 11.0. The summed E-state index contributed by atoms with van der Waals surface area (Å²) in [6, 6.07) is -0.431. The molecule has 0 aromatic heterocycles. The van der Waals surface area contributed by atoms with Gasteiger partial charge in [0.2, 0.25) is 5.91 Å². The molecule has 0 rings (SSSR count). The van der Waals surface area contributed by atoms with Crippen LogP contribution in [0.15, 0.2) is 12.7 Å². The van der Waals surface area contributed by atoms with Gasteiger partial charge in [-0.1, -0.05) is 13.0 Å². The Morgan fingerprint density at radius 2 is 2.45 bits per heavy atom. The summed E-state index contributed by atoms with van der Waals surface area (Å²) < 4.78 is 0. The number of carbonyl (C=O) groups is 1. The molecule has 0 aliphatic carbocycles. The van der Waals surface area contributed by atoms with Gasteiger partial charge in [-0.3, -0.25) is 4.79 Å². The predicted octanol–water partition coefficient (Wildman–Crippen LogP) is 0.416. The van der Waals surface area contributed by atoms with Gasteiger partial charge in [-0.2, -0.15) is 0 Å². The van der Waals surface area contributed by atoms with Gasteiger partial charge in [0.25, 0.3) is 0 Å². The van der Waals surface area contributed by atoms with Crippen LogP contribution in [-0.2, 0) is 4.79 Å². The third-order valence-electron chi connectivity index (χ3n) is 1.31. The van der Waals surface area contributed by atoms with Crippen LogP contribution in [0.1, 0.15) is 19.8 Å². The van der Waals surface area contributed by atoms with Crippen molar-refractivity contribution in [3.05, 3.63) is 12.7 Å². The number of amides is 1. The molecule has 0 aromatic rings. The van der Waals surface area contributed by atoms with E-state index in [1.807, 2.05) is 6.92 Å². The van der Waals surface area contributed by atoms with Crippen LogP contribution in [-0.4, -0.2) is 18.5 Å². The minimum Gasteiger partial charge on any atom is -0.355 e. The first-order chi connectivity index (χ1) is 5.22. The van der Waals surface area contributed by atoms with Gasteiger partial charge in [0.05, 0.1) is 6.04 Å². The molecule has 0 radical (unpaired) electrons. The Balaban J connectivity index is 3.54. The highest BCUT2D eigenvalue weighted by Crippen LogP contribution is 1.88. The van der Waals surface area contributed by atoms with E-state index in [4.69, 9.17) is 5.73 Å². The van der Waals surface area contributed by atoms with Crippen LogP contribution in [0.4, 0.5) is 0 Å². The van der Waals surface area contributed by atoms with Crippen molar-refractivity contribution in [3.8, 4) is 0 Å². The van der Waals surface area contributed by atoms with E-state index in [2.05, 4.69) is 11.9 Å². The number of rotatable bonds is 5. The average Bonchev–Trinajstić information content (AvgIpc) is 2.00. The Morgan fingerprint density at radius 3 is 2.91 bits per heavy atom. The highest BCUT2D eigenvalue weighted by molar-refractivity contribution is 5.81. The zero-order valence-electron chi connectivity index (χ0n) is 6.97. The first kappa shape index (κ1) is 10.2. The van der Waals surface area contributed by atoms with E-state index in [1.165, 1.54) is 0 Å². The Kier molecular flexibility index (Phi) is 5.47. The van der Waals surface area contributed by atoms with E-state index >= 15 is 0 Å². The smallest absolute Gasteiger partial charge is 0.237 e. The van der Waals surface area contributed by atoms with E-state index in [-0.39, 0.29) is 5.91 Å². The molecule has 0 heterocycles. The Hall–Kier alpha value is -0.830. The standard InChI is InChI=1S/C8H16N2O/c1-3-5-7(9)8(11)10-6-4-2/h3,7H,1,4-6,9H2,2H3,(H,10,11). The van der Waals surface area contributed by atoms with Crippen molar-refractivity contribution in [3.63, 3.8) is 0 Å². The average molecular weight is 156 g/mol. The largest absolute Gasteiger partial charge is 0.355 e. The summed E-state index contributed by atoms with van der Waals surface area (Å²) in [6.45, 7) is 6.20. The maximum Gasteiger partial charge on any atom is 0.237 e. The topological polar surface area (TPSA) is 55.1 Å². The van der Waals surface area contributed by atoms with Crippen LogP contribution in [0.2, 0.25) is 0 Å². The molecule has 0 aromatic carbocycles. The first-order valence-corrected chi connectivity index (χ1v) is 3.86. The summed E-state index contributed by atoms with van der Waals surface area (Å²) >= 11 is 0. The molecule has 0 fully saturated rings. The lowest BCUT2D eigenvalue weighted by Crippen LogP contribution is -2.40.